The smallest absolute Gasteiger partial charge is 0.161 e. The topological polar surface area (TPSA) is 53.2 Å². The van der Waals surface area contributed by atoms with E-state index in [4.69, 9.17) is 0 Å². The van der Waals surface area contributed by atoms with Crippen LogP contribution >= 0.6 is 15.9 Å². The molecule has 4 unspecified atom stereocenters. The van der Waals surface area contributed by atoms with E-state index in [1.807, 2.05) is 6.07 Å². The van der Waals surface area contributed by atoms with Crippen LogP contribution in [-0.4, -0.2) is 18.0 Å². The Morgan fingerprint density at radius 3 is 2.67 bits per heavy atom. The first-order chi connectivity index (χ1) is 11.4. The number of hydrogen-bond acceptors (Lipinski definition) is 4. The third kappa shape index (κ3) is 2.54. The maximum atomic E-state index is 13.1. The van der Waals surface area contributed by atoms with Crippen LogP contribution in [0.1, 0.15) is 45.1 Å². The molecular formula is C19H24BrN3O. The van der Waals surface area contributed by atoms with Crippen molar-refractivity contribution in [3.05, 3.63) is 45.6 Å². The van der Waals surface area contributed by atoms with Gasteiger partial charge in [-0.1, -0.05) is 48.0 Å². The molecule has 0 aromatic heterocycles. The van der Waals surface area contributed by atoms with Gasteiger partial charge in [-0.15, -0.1) is 0 Å². The minimum absolute atomic E-state index is 0.0197. The number of Topliss-reactive ketones (excluding diaryl/α,β-unsaturated/α-hetero) is 1. The van der Waals surface area contributed by atoms with Crippen LogP contribution in [0.2, 0.25) is 0 Å². The number of hydrazine groups is 1. The maximum absolute atomic E-state index is 13.1. The number of allylic oxidation sites excluding steroid dienone is 2. The van der Waals surface area contributed by atoms with E-state index in [9.17, 15) is 4.79 Å². The Bertz CT molecular complexity index is 727. The van der Waals surface area contributed by atoms with Gasteiger partial charge in [-0.05, 0) is 30.4 Å². The molecule has 0 spiro atoms. The Balaban J connectivity index is 1.89. The molecule has 1 aromatic rings. The van der Waals surface area contributed by atoms with Crippen LogP contribution in [0.25, 0.3) is 0 Å². The lowest BCUT2D eigenvalue weighted by Gasteiger charge is -2.44. The van der Waals surface area contributed by atoms with Crippen LogP contribution in [-0.2, 0) is 4.79 Å². The van der Waals surface area contributed by atoms with Crippen molar-refractivity contribution in [1.82, 2.24) is 16.2 Å². The lowest BCUT2D eigenvalue weighted by atomic mass is 9.65. The molecule has 0 radical (unpaired) electrons. The number of halogens is 1. The molecule has 0 amide bonds. The average Bonchev–Trinajstić information content (AvgIpc) is 2.86. The second kappa shape index (κ2) is 5.68. The Morgan fingerprint density at radius 1 is 1.17 bits per heavy atom. The highest BCUT2D eigenvalue weighted by atomic mass is 79.9. The Labute approximate surface area is 151 Å². The molecule has 1 aliphatic carbocycles. The first kappa shape index (κ1) is 16.3. The van der Waals surface area contributed by atoms with Gasteiger partial charge in [0.15, 0.2) is 5.78 Å². The van der Waals surface area contributed by atoms with Crippen molar-refractivity contribution in [2.45, 2.75) is 51.7 Å². The molecule has 4 rings (SSSR count). The lowest BCUT2D eigenvalue weighted by molar-refractivity contribution is -0.118. The molecule has 2 aliphatic heterocycles. The molecule has 1 saturated heterocycles. The number of ketones is 1. The van der Waals surface area contributed by atoms with Gasteiger partial charge in [-0.25, -0.2) is 5.43 Å². The zero-order valence-corrected chi connectivity index (χ0v) is 15.9. The molecule has 5 heteroatoms. The standard InChI is InChI=1S/C19H24BrN3O/c1-10-15-16(11-6-4-5-7-12(11)20)17-13(21-18(15)23-22-10)8-19(2,3)9-14(17)24/h4-7,10,15-16,18,21-23H,8-9H2,1-3H3. The number of carbonyl (C=O) groups is 1. The summed E-state index contributed by atoms with van der Waals surface area (Å²) in [5.41, 5.74) is 10.1. The molecule has 0 bridgehead atoms. The van der Waals surface area contributed by atoms with Gasteiger partial charge in [0, 0.05) is 40.0 Å². The average molecular weight is 390 g/mol. The van der Waals surface area contributed by atoms with Gasteiger partial charge in [-0.3, -0.25) is 10.2 Å². The van der Waals surface area contributed by atoms with Crippen LogP contribution in [0.4, 0.5) is 0 Å². The predicted octanol–water partition coefficient (Wildman–Crippen LogP) is 3.22. The second-order valence-corrected chi connectivity index (χ2v) is 8.96. The summed E-state index contributed by atoms with van der Waals surface area (Å²) in [5.74, 6) is 0.711. The predicted molar refractivity (Wildman–Crippen MR) is 98.1 cm³/mol. The number of hydrogen-bond donors (Lipinski definition) is 3. The number of carbonyl (C=O) groups excluding carboxylic acids is 1. The van der Waals surface area contributed by atoms with Crippen molar-refractivity contribution < 1.29 is 4.79 Å². The maximum Gasteiger partial charge on any atom is 0.161 e. The summed E-state index contributed by atoms with van der Waals surface area (Å²) in [4.78, 5) is 13.1. The summed E-state index contributed by atoms with van der Waals surface area (Å²) in [6, 6.07) is 8.61. The Hall–Kier alpha value is -1.17. The first-order valence-electron chi connectivity index (χ1n) is 8.66. The monoisotopic (exact) mass is 389 g/mol. The zero-order valence-electron chi connectivity index (χ0n) is 14.3. The second-order valence-electron chi connectivity index (χ2n) is 8.11. The van der Waals surface area contributed by atoms with E-state index >= 15 is 0 Å². The van der Waals surface area contributed by atoms with E-state index in [1.54, 1.807) is 0 Å². The molecule has 1 aromatic carbocycles. The normalized spacial score (nSPS) is 34.6. The van der Waals surface area contributed by atoms with E-state index in [1.165, 1.54) is 5.56 Å². The van der Waals surface area contributed by atoms with Gasteiger partial charge in [0.05, 0.1) is 6.17 Å². The highest BCUT2D eigenvalue weighted by Gasteiger charge is 2.50. The summed E-state index contributed by atoms with van der Waals surface area (Å²) in [5, 5.41) is 3.62. The molecule has 2 heterocycles. The van der Waals surface area contributed by atoms with Gasteiger partial charge < -0.3 is 5.32 Å². The van der Waals surface area contributed by atoms with E-state index in [0.717, 1.165) is 22.2 Å². The summed E-state index contributed by atoms with van der Waals surface area (Å²) < 4.78 is 1.08. The Kier molecular flexibility index (Phi) is 3.86. The van der Waals surface area contributed by atoms with E-state index in [-0.39, 0.29) is 23.5 Å². The fourth-order valence-electron chi connectivity index (χ4n) is 4.61. The highest BCUT2D eigenvalue weighted by Crippen LogP contribution is 2.49. The van der Waals surface area contributed by atoms with Crippen molar-refractivity contribution in [2.75, 3.05) is 0 Å². The molecular weight excluding hydrogens is 366 g/mol. The van der Waals surface area contributed by atoms with Gasteiger partial charge >= 0.3 is 0 Å². The molecule has 4 nitrogen and oxygen atoms in total. The highest BCUT2D eigenvalue weighted by molar-refractivity contribution is 9.10. The molecule has 1 fully saturated rings. The van der Waals surface area contributed by atoms with Crippen LogP contribution in [0.3, 0.4) is 0 Å². The van der Waals surface area contributed by atoms with Gasteiger partial charge in [0.25, 0.3) is 0 Å². The molecule has 3 aliphatic rings. The van der Waals surface area contributed by atoms with Crippen molar-refractivity contribution in [3.63, 3.8) is 0 Å². The largest absolute Gasteiger partial charge is 0.371 e. The summed E-state index contributed by atoms with van der Waals surface area (Å²) >= 11 is 3.71. The summed E-state index contributed by atoms with van der Waals surface area (Å²) in [7, 11) is 0. The zero-order chi connectivity index (χ0) is 17.1. The fourth-order valence-corrected chi connectivity index (χ4v) is 5.14. The summed E-state index contributed by atoms with van der Waals surface area (Å²) in [6.45, 7) is 6.55. The van der Waals surface area contributed by atoms with E-state index in [2.05, 4.69) is 71.1 Å². The third-order valence-corrected chi connectivity index (χ3v) is 6.34. The number of benzene rings is 1. The van der Waals surface area contributed by atoms with Crippen molar-refractivity contribution in [1.29, 1.82) is 0 Å². The SMILES string of the molecule is CC1NNC2NC3=C(C(=O)CC(C)(C)C3)C(c3ccccc3Br)C12. The molecule has 4 atom stereocenters. The van der Waals surface area contributed by atoms with Crippen LogP contribution in [0, 0.1) is 11.3 Å². The number of fused-ring (bicyclic) bond motifs is 1. The quantitative estimate of drug-likeness (QED) is 0.689. The van der Waals surface area contributed by atoms with E-state index in [0.29, 0.717) is 18.1 Å². The van der Waals surface area contributed by atoms with Crippen molar-refractivity contribution in [3.8, 4) is 0 Å². The van der Waals surface area contributed by atoms with Gasteiger partial charge in [-0.2, -0.15) is 0 Å². The minimum Gasteiger partial charge on any atom is -0.371 e. The van der Waals surface area contributed by atoms with Crippen molar-refractivity contribution >= 4 is 21.7 Å². The van der Waals surface area contributed by atoms with Crippen molar-refractivity contribution in [2.24, 2.45) is 11.3 Å². The van der Waals surface area contributed by atoms with Gasteiger partial charge in [0.2, 0.25) is 0 Å². The number of rotatable bonds is 1. The van der Waals surface area contributed by atoms with Crippen LogP contribution in [0.15, 0.2) is 40.0 Å². The Morgan fingerprint density at radius 2 is 1.92 bits per heavy atom. The van der Waals surface area contributed by atoms with Gasteiger partial charge in [0.1, 0.15) is 0 Å². The van der Waals surface area contributed by atoms with Crippen LogP contribution < -0.4 is 16.2 Å². The fraction of sp³-hybridized carbons (Fsp3) is 0.526. The lowest BCUT2D eigenvalue weighted by Crippen LogP contribution is -2.52. The summed E-state index contributed by atoms with van der Waals surface area (Å²) in [6.07, 6.45) is 1.70. The van der Waals surface area contributed by atoms with Crippen LogP contribution in [0.5, 0.6) is 0 Å². The third-order valence-electron chi connectivity index (χ3n) is 5.61. The molecule has 128 valence electrons. The number of nitrogens with one attached hydrogen (secondary N) is 3. The molecule has 3 N–H and O–H groups in total. The molecule has 0 saturated carbocycles. The van der Waals surface area contributed by atoms with E-state index < -0.39 is 0 Å². The first-order valence-corrected chi connectivity index (χ1v) is 9.45. The minimum atomic E-state index is 0.0197. The molecule has 24 heavy (non-hydrogen) atoms.